The molecule has 0 spiro atoms. The van der Waals surface area contributed by atoms with Crippen molar-refractivity contribution in [1.29, 1.82) is 0 Å². The van der Waals surface area contributed by atoms with Crippen LogP contribution >= 0.6 is 0 Å². The van der Waals surface area contributed by atoms with Gasteiger partial charge < -0.3 is 14.5 Å². The Morgan fingerprint density at radius 2 is 2.16 bits per heavy atom. The van der Waals surface area contributed by atoms with Crippen LogP contribution in [0, 0.1) is 6.92 Å². The van der Waals surface area contributed by atoms with Gasteiger partial charge >= 0.3 is 0 Å². The number of hydrogen-bond donors (Lipinski definition) is 1. The fraction of sp³-hybridized carbons (Fsp3) is 0.571. The van der Waals surface area contributed by atoms with E-state index in [1.165, 1.54) is 18.8 Å². The number of nitrogens with one attached hydrogen (secondary N) is 1. The van der Waals surface area contributed by atoms with Gasteiger partial charge in [0.15, 0.2) is 6.61 Å². The van der Waals surface area contributed by atoms with Crippen LogP contribution in [0.15, 0.2) is 21.5 Å². The molecule has 0 unspecified atom stereocenters. The highest BCUT2D eigenvalue weighted by atomic mass is 16.5. The van der Waals surface area contributed by atoms with Gasteiger partial charge in [-0.25, -0.2) is 0 Å². The van der Waals surface area contributed by atoms with E-state index in [0.29, 0.717) is 5.76 Å². The quantitative estimate of drug-likeness (QED) is 0.901. The second-order valence-electron chi connectivity index (χ2n) is 4.86. The minimum Gasteiger partial charge on any atom is -0.476 e. The lowest BCUT2D eigenvalue weighted by Gasteiger charge is -2.22. The van der Waals surface area contributed by atoms with Crippen molar-refractivity contribution in [2.24, 2.45) is 0 Å². The number of ether oxygens (including phenoxy) is 1. The summed E-state index contributed by atoms with van der Waals surface area (Å²) < 4.78 is 10.3. The number of amides is 1. The maximum absolute atomic E-state index is 11.7. The Morgan fingerprint density at radius 1 is 1.42 bits per heavy atom. The van der Waals surface area contributed by atoms with Crippen molar-refractivity contribution in [2.45, 2.75) is 45.1 Å². The van der Waals surface area contributed by atoms with E-state index in [1.54, 1.807) is 6.92 Å². The summed E-state index contributed by atoms with van der Waals surface area (Å²) in [6.45, 7) is 1.49. The second kappa shape index (κ2) is 6.41. The van der Waals surface area contributed by atoms with Crippen LogP contribution in [-0.4, -0.2) is 18.6 Å². The van der Waals surface area contributed by atoms with Crippen molar-refractivity contribution in [3.63, 3.8) is 0 Å². The zero-order valence-corrected chi connectivity index (χ0v) is 11.1. The van der Waals surface area contributed by atoms with Crippen LogP contribution in [-0.2, 0) is 4.79 Å². The zero-order valence-electron chi connectivity index (χ0n) is 11.1. The van der Waals surface area contributed by atoms with Crippen molar-refractivity contribution in [3.05, 3.63) is 28.3 Å². The van der Waals surface area contributed by atoms with Gasteiger partial charge in [-0.15, -0.1) is 0 Å². The summed E-state index contributed by atoms with van der Waals surface area (Å²) >= 11 is 0. The predicted molar refractivity (Wildman–Crippen MR) is 70.2 cm³/mol. The van der Waals surface area contributed by atoms with Gasteiger partial charge in [0.05, 0.1) is 6.26 Å². The normalized spacial score (nSPS) is 16.1. The lowest BCUT2D eigenvalue weighted by atomic mass is 9.95. The average Bonchev–Trinajstić information content (AvgIpc) is 2.39. The largest absolute Gasteiger partial charge is 0.476 e. The first-order valence-corrected chi connectivity index (χ1v) is 6.67. The highest BCUT2D eigenvalue weighted by molar-refractivity contribution is 5.77. The smallest absolute Gasteiger partial charge is 0.258 e. The van der Waals surface area contributed by atoms with Crippen LogP contribution in [0.5, 0.6) is 5.75 Å². The first-order chi connectivity index (χ1) is 9.16. The third-order valence-corrected chi connectivity index (χ3v) is 3.33. The summed E-state index contributed by atoms with van der Waals surface area (Å²) in [4.78, 5) is 23.3. The van der Waals surface area contributed by atoms with Crippen LogP contribution in [0.4, 0.5) is 0 Å². The number of hydrogen-bond acceptors (Lipinski definition) is 4. The molecule has 1 aliphatic carbocycles. The van der Waals surface area contributed by atoms with Gasteiger partial charge in [0.1, 0.15) is 5.76 Å². The van der Waals surface area contributed by atoms with Gasteiger partial charge in [0, 0.05) is 12.1 Å². The molecule has 0 aliphatic heterocycles. The van der Waals surface area contributed by atoms with Gasteiger partial charge in [-0.05, 0) is 19.8 Å². The molecule has 5 heteroatoms. The molecule has 0 bridgehead atoms. The first-order valence-electron chi connectivity index (χ1n) is 6.67. The molecule has 1 N–H and O–H groups in total. The third-order valence-electron chi connectivity index (χ3n) is 3.33. The third kappa shape index (κ3) is 3.84. The first kappa shape index (κ1) is 13.6. The molecule has 1 saturated carbocycles. The van der Waals surface area contributed by atoms with Crippen molar-refractivity contribution in [2.75, 3.05) is 6.61 Å². The number of aryl methyl sites for hydroxylation is 1. The molecule has 5 nitrogen and oxygen atoms in total. The molecule has 1 aromatic rings. The topological polar surface area (TPSA) is 68.5 Å². The lowest BCUT2D eigenvalue weighted by molar-refractivity contribution is -0.124. The summed E-state index contributed by atoms with van der Waals surface area (Å²) in [5.41, 5.74) is -0.269. The standard InChI is InChI=1S/C14H19NO4/c1-10-14(12(16)7-8-18-10)19-9-13(17)15-11-5-3-2-4-6-11/h7-8,11H,2-6,9H2,1H3,(H,15,17). The molecule has 1 aliphatic rings. The van der Waals surface area contributed by atoms with E-state index in [9.17, 15) is 9.59 Å². The van der Waals surface area contributed by atoms with E-state index in [2.05, 4.69) is 5.32 Å². The van der Waals surface area contributed by atoms with Gasteiger partial charge in [-0.3, -0.25) is 9.59 Å². The minimum absolute atomic E-state index is 0.112. The highest BCUT2D eigenvalue weighted by Crippen LogP contribution is 2.17. The molecular formula is C14H19NO4. The second-order valence-corrected chi connectivity index (χ2v) is 4.86. The van der Waals surface area contributed by atoms with E-state index in [4.69, 9.17) is 9.15 Å². The number of carbonyl (C=O) groups is 1. The van der Waals surface area contributed by atoms with Crippen LogP contribution in [0.1, 0.15) is 37.9 Å². The SMILES string of the molecule is Cc1occc(=O)c1OCC(=O)NC1CCCCC1. The van der Waals surface area contributed by atoms with Crippen LogP contribution in [0.2, 0.25) is 0 Å². The van der Waals surface area contributed by atoms with Gasteiger partial charge in [0.2, 0.25) is 11.2 Å². The molecule has 0 atom stereocenters. The average molecular weight is 265 g/mol. The fourth-order valence-corrected chi connectivity index (χ4v) is 2.33. The Bertz CT molecular complexity index is 488. The molecule has 2 rings (SSSR count). The summed E-state index contributed by atoms with van der Waals surface area (Å²) in [5, 5.41) is 2.93. The van der Waals surface area contributed by atoms with E-state index in [0.717, 1.165) is 25.7 Å². The Morgan fingerprint density at radius 3 is 2.84 bits per heavy atom. The maximum atomic E-state index is 11.7. The maximum Gasteiger partial charge on any atom is 0.258 e. The van der Waals surface area contributed by atoms with Crippen LogP contribution in [0.25, 0.3) is 0 Å². The lowest BCUT2D eigenvalue weighted by Crippen LogP contribution is -2.39. The molecule has 1 amide bonds. The van der Waals surface area contributed by atoms with Crippen molar-refractivity contribution in [3.8, 4) is 5.75 Å². The van der Waals surface area contributed by atoms with Gasteiger partial charge in [-0.1, -0.05) is 19.3 Å². The fourth-order valence-electron chi connectivity index (χ4n) is 2.33. The Kier molecular flexibility index (Phi) is 4.60. The van der Waals surface area contributed by atoms with Crippen molar-refractivity contribution >= 4 is 5.91 Å². The molecule has 104 valence electrons. The van der Waals surface area contributed by atoms with Crippen LogP contribution in [0.3, 0.4) is 0 Å². The number of carbonyl (C=O) groups excluding carboxylic acids is 1. The molecule has 0 saturated heterocycles. The molecule has 1 fully saturated rings. The van der Waals surface area contributed by atoms with E-state index >= 15 is 0 Å². The molecule has 19 heavy (non-hydrogen) atoms. The van der Waals surface area contributed by atoms with E-state index in [1.807, 2.05) is 0 Å². The molecule has 0 aromatic carbocycles. The minimum atomic E-state index is -0.269. The van der Waals surface area contributed by atoms with Crippen molar-refractivity contribution in [1.82, 2.24) is 5.32 Å². The summed E-state index contributed by atoms with van der Waals surface area (Å²) in [5.74, 6) is 0.314. The predicted octanol–water partition coefficient (Wildman–Crippen LogP) is 1.78. The highest BCUT2D eigenvalue weighted by Gasteiger charge is 2.16. The Balaban J connectivity index is 1.84. The Labute approximate surface area is 112 Å². The Hall–Kier alpha value is -1.78. The molecule has 1 aromatic heterocycles. The molecule has 0 radical (unpaired) electrons. The monoisotopic (exact) mass is 265 g/mol. The molecule has 1 heterocycles. The number of rotatable bonds is 4. The van der Waals surface area contributed by atoms with E-state index in [-0.39, 0.29) is 29.7 Å². The van der Waals surface area contributed by atoms with Crippen LogP contribution < -0.4 is 15.5 Å². The van der Waals surface area contributed by atoms with Crippen molar-refractivity contribution < 1.29 is 13.9 Å². The van der Waals surface area contributed by atoms with Gasteiger partial charge in [-0.2, -0.15) is 0 Å². The zero-order chi connectivity index (χ0) is 13.7. The summed E-state index contributed by atoms with van der Waals surface area (Å²) in [6, 6.07) is 1.53. The van der Waals surface area contributed by atoms with E-state index < -0.39 is 0 Å². The molecular weight excluding hydrogens is 246 g/mol. The summed E-state index contributed by atoms with van der Waals surface area (Å²) in [7, 11) is 0. The van der Waals surface area contributed by atoms with Gasteiger partial charge in [0.25, 0.3) is 5.91 Å². The summed E-state index contributed by atoms with van der Waals surface area (Å²) in [6.07, 6.45) is 6.93.